The molecule has 0 bridgehead atoms. The smallest absolute Gasteiger partial charge is 0.256 e. The average molecular weight is 257 g/mol. The molecule has 0 radical (unpaired) electrons. The van der Waals surface area contributed by atoms with Gasteiger partial charge in [0.05, 0.1) is 0 Å². The van der Waals surface area contributed by atoms with Gasteiger partial charge in [0.25, 0.3) is 5.91 Å². The highest BCUT2D eigenvalue weighted by Gasteiger charge is 2.08. The van der Waals surface area contributed by atoms with Gasteiger partial charge >= 0.3 is 0 Å². The van der Waals surface area contributed by atoms with Crippen molar-refractivity contribution in [2.24, 2.45) is 0 Å². The molecule has 1 aromatic carbocycles. The Morgan fingerprint density at radius 1 is 1.21 bits per heavy atom. The Morgan fingerprint density at radius 3 is 2.63 bits per heavy atom. The molecule has 5 heteroatoms. The number of carbonyl (C=O) groups excluding carboxylic acids is 1. The number of nitrogens with one attached hydrogen (secondary N) is 2. The van der Waals surface area contributed by atoms with E-state index in [1.165, 1.54) is 18.5 Å². The van der Waals surface area contributed by atoms with E-state index in [-0.39, 0.29) is 16.9 Å². The number of pyridine rings is 1. The Kier molecular flexibility index (Phi) is 3.97. The summed E-state index contributed by atoms with van der Waals surface area (Å²) in [6.45, 7) is 0.469. The van der Waals surface area contributed by atoms with E-state index in [0.29, 0.717) is 18.7 Å². The van der Waals surface area contributed by atoms with Crippen LogP contribution in [0.15, 0.2) is 47.5 Å². The van der Waals surface area contributed by atoms with Gasteiger partial charge in [0.1, 0.15) is 5.56 Å². The van der Waals surface area contributed by atoms with Crippen molar-refractivity contribution in [3.05, 3.63) is 64.1 Å². The van der Waals surface area contributed by atoms with Crippen molar-refractivity contribution < 1.29 is 4.79 Å². The molecule has 2 rings (SSSR count). The molecular weight excluding hydrogens is 242 g/mol. The molecule has 1 amide bonds. The van der Waals surface area contributed by atoms with Crippen molar-refractivity contribution in [3.8, 4) is 0 Å². The van der Waals surface area contributed by atoms with E-state index >= 15 is 0 Å². The summed E-state index contributed by atoms with van der Waals surface area (Å²) in [6, 6.07) is 8.79. The quantitative estimate of drug-likeness (QED) is 0.712. The molecule has 4 N–H and O–H groups in total. The van der Waals surface area contributed by atoms with Crippen molar-refractivity contribution in [3.63, 3.8) is 0 Å². The molecular formula is C14H15N3O2. The highest BCUT2D eigenvalue weighted by Crippen LogP contribution is 2.05. The van der Waals surface area contributed by atoms with Crippen LogP contribution in [0.1, 0.15) is 15.9 Å². The van der Waals surface area contributed by atoms with Crippen molar-refractivity contribution in [2.45, 2.75) is 6.42 Å². The lowest BCUT2D eigenvalue weighted by atomic mass is 10.1. The molecule has 0 atom stereocenters. The fraction of sp³-hybridized carbons (Fsp3) is 0.143. The van der Waals surface area contributed by atoms with Gasteiger partial charge in [0.15, 0.2) is 5.43 Å². The van der Waals surface area contributed by atoms with Gasteiger partial charge in [-0.1, -0.05) is 12.1 Å². The van der Waals surface area contributed by atoms with Gasteiger partial charge in [0, 0.05) is 30.7 Å². The summed E-state index contributed by atoms with van der Waals surface area (Å²) in [5.74, 6) is -0.364. The Labute approximate surface area is 110 Å². The third-order valence-corrected chi connectivity index (χ3v) is 2.75. The minimum Gasteiger partial charge on any atom is -0.399 e. The molecule has 0 saturated carbocycles. The Bertz CT molecular complexity index is 617. The Hall–Kier alpha value is -2.56. The number of nitrogen functional groups attached to an aromatic ring is 1. The number of carbonyl (C=O) groups is 1. The number of hydrogen-bond acceptors (Lipinski definition) is 3. The number of anilines is 1. The second-order valence-electron chi connectivity index (χ2n) is 4.17. The van der Waals surface area contributed by atoms with Crippen LogP contribution in [0.5, 0.6) is 0 Å². The number of nitrogens with two attached hydrogens (primary N) is 1. The normalized spacial score (nSPS) is 10.1. The van der Waals surface area contributed by atoms with E-state index in [9.17, 15) is 9.59 Å². The minimum absolute atomic E-state index is 0.125. The molecule has 0 saturated heterocycles. The Balaban J connectivity index is 1.89. The lowest BCUT2D eigenvalue weighted by molar-refractivity contribution is 0.0952. The van der Waals surface area contributed by atoms with Gasteiger partial charge in [-0.3, -0.25) is 9.59 Å². The molecule has 0 fully saturated rings. The van der Waals surface area contributed by atoms with E-state index in [0.717, 1.165) is 5.56 Å². The third-order valence-electron chi connectivity index (χ3n) is 2.75. The zero-order valence-corrected chi connectivity index (χ0v) is 10.3. The van der Waals surface area contributed by atoms with E-state index in [2.05, 4.69) is 10.3 Å². The van der Waals surface area contributed by atoms with Crippen LogP contribution in [0.3, 0.4) is 0 Å². The first-order valence-corrected chi connectivity index (χ1v) is 5.96. The summed E-state index contributed by atoms with van der Waals surface area (Å²) >= 11 is 0. The molecule has 0 aliphatic rings. The fourth-order valence-corrected chi connectivity index (χ4v) is 1.69. The van der Waals surface area contributed by atoms with Crippen LogP contribution >= 0.6 is 0 Å². The molecule has 1 aromatic heterocycles. The van der Waals surface area contributed by atoms with Gasteiger partial charge in [-0.15, -0.1) is 0 Å². The van der Waals surface area contributed by atoms with E-state index in [1.807, 2.05) is 24.3 Å². The Morgan fingerprint density at radius 2 is 1.95 bits per heavy atom. The maximum atomic E-state index is 11.8. The molecule has 2 aromatic rings. The number of H-pyrrole nitrogens is 1. The third kappa shape index (κ3) is 3.45. The van der Waals surface area contributed by atoms with Gasteiger partial charge in [-0.25, -0.2) is 0 Å². The van der Waals surface area contributed by atoms with Gasteiger partial charge < -0.3 is 16.0 Å². The second-order valence-corrected chi connectivity index (χ2v) is 4.17. The van der Waals surface area contributed by atoms with Crippen LogP contribution in [0.4, 0.5) is 5.69 Å². The minimum atomic E-state index is -0.364. The summed E-state index contributed by atoms with van der Waals surface area (Å²) < 4.78 is 0. The second kappa shape index (κ2) is 5.86. The number of benzene rings is 1. The van der Waals surface area contributed by atoms with E-state index < -0.39 is 0 Å². The average Bonchev–Trinajstić information content (AvgIpc) is 2.41. The number of aromatic nitrogens is 1. The number of rotatable bonds is 4. The highest BCUT2D eigenvalue weighted by atomic mass is 16.2. The van der Waals surface area contributed by atoms with Gasteiger partial charge in [-0.05, 0) is 24.1 Å². The first-order valence-electron chi connectivity index (χ1n) is 5.96. The number of hydrogen-bond donors (Lipinski definition) is 3. The maximum Gasteiger partial charge on any atom is 0.256 e. The lowest BCUT2D eigenvalue weighted by Crippen LogP contribution is -2.30. The monoisotopic (exact) mass is 257 g/mol. The largest absolute Gasteiger partial charge is 0.399 e. The predicted molar refractivity (Wildman–Crippen MR) is 74.0 cm³/mol. The lowest BCUT2D eigenvalue weighted by Gasteiger charge is -2.05. The molecule has 19 heavy (non-hydrogen) atoms. The van der Waals surface area contributed by atoms with E-state index in [1.54, 1.807) is 0 Å². The predicted octanol–water partition coefficient (Wildman–Crippen LogP) is 0.930. The first kappa shape index (κ1) is 12.9. The van der Waals surface area contributed by atoms with Crippen LogP contribution < -0.4 is 16.5 Å². The van der Waals surface area contributed by atoms with Crippen LogP contribution in [0, 0.1) is 0 Å². The highest BCUT2D eigenvalue weighted by molar-refractivity contribution is 5.93. The topological polar surface area (TPSA) is 88.0 Å². The standard InChI is InChI=1S/C14H15N3O2/c15-11-3-1-10(2-4-11)5-8-17-14(19)12-9-16-7-6-13(12)18/h1-4,6-7,9H,5,8,15H2,(H,16,18)(H,17,19). The van der Waals surface area contributed by atoms with Crippen LogP contribution in [-0.4, -0.2) is 17.4 Å². The molecule has 1 heterocycles. The van der Waals surface area contributed by atoms with Crippen molar-refractivity contribution in [1.29, 1.82) is 0 Å². The summed E-state index contributed by atoms with van der Waals surface area (Å²) in [5, 5.41) is 2.71. The van der Waals surface area contributed by atoms with Crippen LogP contribution in [0.2, 0.25) is 0 Å². The molecule has 0 spiro atoms. The van der Waals surface area contributed by atoms with Crippen LogP contribution in [0.25, 0.3) is 0 Å². The zero-order chi connectivity index (χ0) is 13.7. The summed E-state index contributed by atoms with van der Waals surface area (Å²) in [4.78, 5) is 25.9. The summed E-state index contributed by atoms with van der Waals surface area (Å²) in [6.07, 6.45) is 3.59. The van der Waals surface area contributed by atoms with Gasteiger partial charge in [0.2, 0.25) is 0 Å². The SMILES string of the molecule is Nc1ccc(CCNC(=O)c2c[nH]ccc2=O)cc1. The van der Waals surface area contributed by atoms with Crippen molar-refractivity contribution >= 4 is 11.6 Å². The van der Waals surface area contributed by atoms with Gasteiger partial charge in [-0.2, -0.15) is 0 Å². The van der Waals surface area contributed by atoms with Crippen LogP contribution in [-0.2, 0) is 6.42 Å². The first-order chi connectivity index (χ1) is 9.16. The molecule has 5 nitrogen and oxygen atoms in total. The summed E-state index contributed by atoms with van der Waals surface area (Å²) in [7, 11) is 0. The van der Waals surface area contributed by atoms with Crippen molar-refractivity contribution in [2.75, 3.05) is 12.3 Å². The maximum absolute atomic E-state index is 11.8. The molecule has 0 aliphatic heterocycles. The van der Waals surface area contributed by atoms with Crippen molar-refractivity contribution in [1.82, 2.24) is 10.3 Å². The molecule has 98 valence electrons. The number of amides is 1. The fourth-order valence-electron chi connectivity index (χ4n) is 1.69. The molecule has 0 unspecified atom stereocenters. The van der Waals surface area contributed by atoms with E-state index in [4.69, 9.17) is 5.73 Å². The molecule has 0 aliphatic carbocycles. The summed E-state index contributed by atoms with van der Waals surface area (Å²) in [5.41, 5.74) is 7.22. The zero-order valence-electron chi connectivity index (χ0n) is 10.3. The number of aromatic amines is 1.